The Bertz CT molecular complexity index is 999. The first kappa shape index (κ1) is 21.5. The molecule has 1 aromatic carbocycles. The van der Waals surface area contributed by atoms with Crippen LogP contribution in [0.1, 0.15) is 75.2 Å². The Hall–Kier alpha value is -2.69. The van der Waals surface area contributed by atoms with E-state index < -0.39 is 11.2 Å². The van der Waals surface area contributed by atoms with Crippen LogP contribution in [-0.2, 0) is 16.8 Å². The van der Waals surface area contributed by atoms with E-state index in [0.29, 0.717) is 24.5 Å². The first-order valence-electron chi connectivity index (χ1n) is 11.3. The van der Waals surface area contributed by atoms with E-state index >= 15 is 0 Å². The van der Waals surface area contributed by atoms with Crippen molar-refractivity contribution in [3.8, 4) is 11.5 Å². The number of methoxy groups -OCH3 is 1. The molecule has 2 aliphatic rings. The highest BCUT2D eigenvalue weighted by atomic mass is 16.5. The van der Waals surface area contributed by atoms with E-state index in [1.54, 1.807) is 13.2 Å². The Morgan fingerprint density at radius 1 is 1.26 bits per heavy atom. The molecular formula is C26H32O5. The van der Waals surface area contributed by atoms with Crippen LogP contribution in [0.3, 0.4) is 0 Å². The van der Waals surface area contributed by atoms with Crippen molar-refractivity contribution in [2.45, 2.75) is 70.3 Å². The molecule has 0 radical (unpaired) electrons. The maximum absolute atomic E-state index is 13.1. The van der Waals surface area contributed by atoms with Crippen molar-refractivity contribution in [2.75, 3.05) is 7.11 Å². The average Bonchev–Trinajstić information content (AvgIpc) is 3.49. The lowest BCUT2D eigenvalue weighted by atomic mass is 9.86. The van der Waals surface area contributed by atoms with Crippen LogP contribution in [0, 0.1) is 5.92 Å². The highest BCUT2D eigenvalue weighted by Gasteiger charge is 2.42. The number of allylic oxidation sites excluding steroid dienone is 1. The monoisotopic (exact) mass is 424 g/mol. The summed E-state index contributed by atoms with van der Waals surface area (Å²) >= 11 is 0. The lowest BCUT2D eigenvalue weighted by Crippen LogP contribution is -2.32. The number of aromatic hydroxyl groups is 1. The maximum Gasteiger partial charge on any atom is 0.347 e. The Labute approximate surface area is 183 Å². The van der Waals surface area contributed by atoms with Crippen LogP contribution in [0.5, 0.6) is 11.5 Å². The average molecular weight is 425 g/mol. The first-order chi connectivity index (χ1) is 14.9. The second-order valence-electron chi connectivity index (χ2n) is 8.99. The molecule has 0 saturated heterocycles. The van der Waals surface area contributed by atoms with Gasteiger partial charge in [0, 0.05) is 18.4 Å². The highest BCUT2D eigenvalue weighted by molar-refractivity contribution is 5.38. The molecule has 0 bridgehead atoms. The molecule has 1 aliphatic heterocycles. The lowest BCUT2D eigenvalue weighted by Gasteiger charge is -2.29. The van der Waals surface area contributed by atoms with Gasteiger partial charge < -0.3 is 19.0 Å². The van der Waals surface area contributed by atoms with E-state index in [1.165, 1.54) is 12.8 Å². The van der Waals surface area contributed by atoms with E-state index in [9.17, 15) is 9.90 Å². The fourth-order valence-corrected chi connectivity index (χ4v) is 4.76. The molecule has 4 rings (SSSR count). The number of ether oxygens (including phenoxy) is 2. The number of benzene rings is 1. The zero-order valence-corrected chi connectivity index (χ0v) is 18.6. The van der Waals surface area contributed by atoms with Gasteiger partial charge in [-0.3, -0.25) is 0 Å². The Morgan fingerprint density at radius 2 is 2.00 bits per heavy atom. The molecule has 2 heterocycles. The fourth-order valence-electron chi connectivity index (χ4n) is 4.76. The molecule has 31 heavy (non-hydrogen) atoms. The summed E-state index contributed by atoms with van der Waals surface area (Å²) < 4.78 is 17.2. The molecule has 1 N–H and O–H groups in total. The number of hydrogen-bond donors (Lipinski definition) is 1. The van der Waals surface area contributed by atoms with Crippen molar-refractivity contribution in [1.29, 1.82) is 0 Å². The van der Waals surface area contributed by atoms with Crippen LogP contribution in [-0.4, -0.2) is 12.2 Å². The van der Waals surface area contributed by atoms with E-state index in [-0.39, 0.29) is 17.2 Å². The topological polar surface area (TPSA) is 68.9 Å². The minimum atomic E-state index is -0.829. The first-order valence-corrected chi connectivity index (χ1v) is 11.3. The third-order valence-electron chi connectivity index (χ3n) is 6.49. The fraction of sp³-hybridized carbons (Fsp3) is 0.500. The molecule has 1 fully saturated rings. The van der Waals surface area contributed by atoms with Crippen LogP contribution in [0.25, 0.3) is 0 Å². The minimum Gasteiger partial charge on any atom is -0.507 e. The zero-order chi connectivity index (χ0) is 22.0. The largest absolute Gasteiger partial charge is 0.507 e. The summed E-state index contributed by atoms with van der Waals surface area (Å²) in [4.78, 5) is 13.1. The summed E-state index contributed by atoms with van der Waals surface area (Å²) in [5, 5.41) is 11.0. The molecule has 1 aromatic heterocycles. The summed E-state index contributed by atoms with van der Waals surface area (Å²) in [5.74, 6) is 2.84. The molecule has 0 amide bonds. The van der Waals surface area contributed by atoms with Gasteiger partial charge in [-0.2, -0.15) is 0 Å². The molecule has 5 nitrogen and oxygen atoms in total. The lowest BCUT2D eigenvalue weighted by molar-refractivity contribution is 0.00886. The summed E-state index contributed by atoms with van der Waals surface area (Å²) in [6.45, 7) is 3.93. The van der Waals surface area contributed by atoms with Gasteiger partial charge in [-0.15, -0.1) is 0 Å². The molecule has 2 atom stereocenters. The highest BCUT2D eigenvalue weighted by Crippen LogP contribution is 2.45. The Morgan fingerprint density at radius 3 is 2.55 bits per heavy atom. The van der Waals surface area contributed by atoms with Crippen molar-refractivity contribution in [3.05, 3.63) is 69.5 Å². The van der Waals surface area contributed by atoms with E-state index in [1.807, 2.05) is 44.2 Å². The summed E-state index contributed by atoms with van der Waals surface area (Å²) in [6.07, 6.45) is 8.16. The molecule has 1 saturated carbocycles. The van der Waals surface area contributed by atoms with Crippen molar-refractivity contribution in [2.24, 2.45) is 5.92 Å². The van der Waals surface area contributed by atoms with Gasteiger partial charge in [0.25, 0.3) is 0 Å². The van der Waals surface area contributed by atoms with Crippen molar-refractivity contribution in [3.63, 3.8) is 0 Å². The molecule has 166 valence electrons. The second kappa shape index (κ2) is 8.81. The van der Waals surface area contributed by atoms with Gasteiger partial charge in [0.05, 0.1) is 12.9 Å². The van der Waals surface area contributed by atoms with Crippen LogP contribution in [0.15, 0.2) is 51.4 Å². The molecule has 2 aromatic rings. The molecule has 2 unspecified atom stereocenters. The number of hydrogen-bond acceptors (Lipinski definition) is 5. The normalized spacial score (nSPS) is 21.5. The van der Waals surface area contributed by atoms with Gasteiger partial charge in [0.15, 0.2) is 0 Å². The van der Waals surface area contributed by atoms with Crippen molar-refractivity contribution in [1.82, 2.24) is 0 Å². The van der Waals surface area contributed by atoms with Crippen LogP contribution in [0.2, 0.25) is 0 Å². The second-order valence-corrected chi connectivity index (χ2v) is 8.99. The Kier molecular flexibility index (Phi) is 6.12. The van der Waals surface area contributed by atoms with Crippen LogP contribution in [0.4, 0.5) is 0 Å². The van der Waals surface area contributed by atoms with Gasteiger partial charge >= 0.3 is 5.63 Å². The third-order valence-corrected chi connectivity index (χ3v) is 6.49. The predicted molar refractivity (Wildman–Crippen MR) is 119 cm³/mol. The van der Waals surface area contributed by atoms with E-state index in [4.69, 9.17) is 13.9 Å². The van der Waals surface area contributed by atoms with Crippen LogP contribution < -0.4 is 10.4 Å². The quantitative estimate of drug-likeness (QED) is 0.551. The smallest absolute Gasteiger partial charge is 0.347 e. The van der Waals surface area contributed by atoms with Crippen molar-refractivity contribution >= 4 is 0 Å². The molecular weight excluding hydrogens is 392 g/mol. The van der Waals surface area contributed by atoms with Crippen molar-refractivity contribution < 1.29 is 19.0 Å². The molecule has 1 aliphatic carbocycles. The predicted octanol–water partition coefficient (Wildman–Crippen LogP) is 5.80. The number of rotatable bonds is 9. The maximum atomic E-state index is 13.1. The van der Waals surface area contributed by atoms with Gasteiger partial charge in [-0.05, 0) is 55.9 Å². The minimum absolute atomic E-state index is 0.0154. The summed E-state index contributed by atoms with van der Waals surface area (Å²) in [5.41, 5.74) is 0.0891. The summed E-state index contributed by atoms with van der Waals surface area (Å²) in [7, 11) is 1.65. The third kappa shape index (κ3) is 4.65. The Balaban J connectivity index is 1.65. The van der Waals surface area contributed by atoms with E-state index in [2.05, 4.69) is 0 Å². The zero-order valence-electron chi connectivity index (χ0n) is 18.6. The van der Waals surface area contributed by atoms with Gasteiger partial charge in [-0.25, -0.2) is 4.79 Å². The van der Waals surface area contributed by atoms with Gasteiger partial charge in [0.2, 0.25) is 0 Å². The summed E-state index contributed by atoms with van der Waals surface area (Å²) in [6, 6.07) is 9.63. The molecule has 5 heteroatoms. The van der Waals surface area contributed by atoms with Crippen LogP contribution >= 0.6 is 0 Å². The van der Waals surface area contributed by atoms with Gasteiger partial charge in [0.1, 0.15) is 28.4 Å². The SMILES string of the molecule is CCCC1(c2c(O)cc(C(Cc3ccc(OC)cc3)CC3CC3)oc2=O)CC=C(C)O1. The molecule has 0 spiro atoms. The van der Waals surface area contributed by atoms with Gasteiger partial charge in [-0.1, -0.05) is 38.3 Å². The van der Waals surface area contributed by atoms with E-state index in [0.717, 1.165) is 36.3 Å². The standard InChI is InChI=1S/C26H32O5/c1-4-12-26(13-11-17(2)31-26)24-22(27)16-23(30-25(24)28)20(14-18-5-6-18)15-19-7-9-21(29-3)10-8-19/h7-11,16,18,20,27H,4-6,12-15H2,1-3H3.